The van der Waals surface area contributed by atoms with Gasteiger partial charge < -0.3 is 15.0 Å². The Morgan fingerprint density at radius 2 is 1.82 bits per heavy atom. The van der Waals surface area contributed by atoms with E-state index in [4.69, 9.17) is 4.74 Å². The summed E-state index contributed by atoms with van der Waals surface area (Å²) in [6, 6.07) is 11.7. The van der Waals surface area contributed by atoms with Gasteiger partial charge in [0.25, 0.3) is 5.91 Å². The first-order valence-electron chi connectivity index (χ1n) is 13.3. The molecule has 2 aliphatic rings. The van der Waals surface area contributed by atoms with E-state index in [9.17, 15) is 13.6 Å². The number of rotatable bonds is 6. The topological polar surface area (TPSA) is 86.4 Å². The van der Waals surface area contributed by atoms with Crippen molar-refractivity contribution < 1.29 is 18.3 Å². The third kappa shape index (κ3) is 5.48. The number of aromatic amines is 1. The summed E-state index contributed by atoms with van der Waals surface area (Å²) in [6.07, 6.45) is 5.05. The quantitative estimate of drug-likeness (QED) is 0.364. The molecule has 39 heavy (non-hydrogen) atoms. The molecule has 4 heterocycles. The van der Waals surface area contributed by atoms with E-state index in [0.29, 0.717) is 41.9 Å². The van der Waals surface area contributed by atoms with Gasteiger partial charge in [-0.1, -0.05) is 12.5 Å². The number of halogens is 2. The van der Waals surface area contributed by atoms with Crippen LogP contribution >= 0.6 is 0 Å². The molecule has 0 atom stereocenters. The van der Waals surface area contributed by atoms with Crippen LogP contribution in [0.1, 0.15) is 35.3 Å². The number of nitrogens with one attached hydrogen (secondary N) is 2. The molecule has 1 amide bonds. The average molecular weight is 533 g/mol. The summed E-state index contributed by atoms with van der Waals surface area (Å²) in [5.41, 5.74) is 2.68. The zero-order valence-corrected chi connectivity index (χ0v) is 21.6. The molecular formula is C29H30F2N6O2. The number of hydrogen-bond donors (Lipinski definition) is 2. The highest BCUT2D eigenvalue weighted by Crippen LogP contribution is 2.31. The highest BCUT2D eigenvalue weighted by atomic mass is 19.2. The minimum absolute atomic E-state index is 0.162. The van der Waals surface area contributed by atoms with Crippen LogP contribution in [0.4, 0.5) is 20.3 Å². The number of H-pyrrole nitrogens is 1. The molecule has 0 unspecified atom stereocenters. The molecule has 4 aromatic rings. The lowest BCUT2D eigenvalue weighted by Crippen LogP contribution is -2.36. The molecule has 0 bridgehead atoms. The molecule has 2 aromatic carbocycles. The van der Waals surface area contributed by atoms with E-state index in [1.54, 1.807) is 36.5 Å². The molecule has 2 saturated heterocycles. The lowest BCUT2D eigenvalue weighted by molar-refractivity contribution is 0.102. The van der Waals surface area contributed by atoms with Crippen molar-refractivity contribution in [1.82, 2.24) is 20.1 Å². The lowest BCUT2D eigenvalue weighted by Gasteiger charge is -2.27. The summed E-state index contributed by atoms with van der Waals surface area (Å²) in [4.78, 5) is 22.0. The van der Waals surface area contributed by atoms with Crippen LogP contribution in [0.3, 0.4) is 0 Å². The smallest absolute Gasteiger partial charge is 0.276 e. The van der Waals surface area contributed by atoms with Crippen LogP contribution in [0.25, 0.3) is 22.0 Å². The first kappa shape index (κ1) is 25.4. The van der Waals surface area contributed by atoms with Crippen LogP contribution in [0.15, 0.2) is 48.7 Å². The van der Waals surface area contributed by atoms with E-state index in [1.807, 2.05) is 6.07 Å². The number of carbonyl (C=O) groups is 1. The third-order valence-corrected chi connectivity index (χ3v) is 7.37. The number of piperidine rings is 1. The number of hydrogen-bond acceptors (Lipinski definition) is 6. The minimum Gasteiger partial charge on any atom is -0.378 e. The van der Waals surface area contributed by atoms with Gasteiger partial charge in [-0.25, -0.2) is 13.8 Å². The average Bonchev–Trinajstić information content (AvgIpc) is 3.40. The number of fused-ring (bicyclic) bond motifs is 1. The molecule has 2 N–H and O–H groups in total. The van der Waals surface area contributed by atoms with Crippen molar-refractivity contribution >= 4 is 28.3 Å². The Balaban J connectivity index is 1.24. The van der Waals surface area contributed by atoms with Crippen LogP contribution in [0.5, 0.6) is 0 Å². The van der Waals surface area contributed by atoms with Gasteiger partial charge in [0.1, 0.15) is 5.82 Å². The van der Waals surface area contributed by atoms with Crippen molar-refractivity contribution in [3.8, 4) is 11.1 Å². The maximum absolute atomic E-state index is 15.0. The lowest BCUT2D eigenvalue weighted by atomic mass is 9.99. The van der Waals surface area contributed by atoms with Crippen LogP contribution in [0, 0.1) is 11.6 Å². The number of aromatic nitrogens is 3. The van der Waals surface area contributed by atoms with Crippen LogP contribution in [-0.4, -0.2) is 65.4 Å². The maximum atomic E-state index is 15.0. The van der Waals surface area contributed by atoms with Gasteiger partial charge >= 0.3 is 0 Å². The number of pyridine rings is 1. The molecule has 0 spiro atoms. The Morgan fingerprint density at radius 1 is 1.00 bits per heavy atom. The zero-order valence-electron chi connectivity index (χ0n) is 21.6. The minimum atomic E-state index is -0.905. The van der Waals surface area contributed by atoms with Crippen molar-refractivity contribution in [1.29, 1.82) is 0 Å². The van der Waals surface area contributed by atoms with Gasteiger partial charge in [0.05, 0.1) is 30.6 Å². The molecule has 6 rings (SSSR count). The Hall–Kier alpha value is -3.89. The summed E-state index contributed by atoms with van der Waals surface area (Å²) < 4.78 is 35.0. The second-order valence-electron chi connectivity index (χ2n) is 10.1. The number of likely N-dealkylation sites (tertiary alicyclic amines) is 1. The normalized spacial score (nSPS) is 16.5. The fourth-order valence-electron chi connectivity index (χ4n) is 5.31. The van der Waals surface area contributed by atoms with E-state index in [0.717, 1.165) is 50.4 Å². The summed E-state index contributed by atoms with van der Waals surface area (Å²) in [7, 11) is 0. The molecule has 2 aliphatic heterocycles. The van der Waals surface area contributed by atoms with E-state index in [1.165, 1.54) is 12.5 Å². The fourth-order valence-corrected chi connectivity index (χ4v) is 5.31. The van der Waals surface area contributed by atoms with Crippen LogP contribution in [0.2, 0.25) is 0 Å². The number of amides is 1. The second-order valence-corrected chi connectivity index (χ2v) is 10.1. The molecule has 202 valence electrons. The predicted molar refractivity (Wildman–Crippen MR) is 146 cm³/mol. The monoisotopic (exact) mass is 532 g/mol. The third-order valence-electron chi connectivity index (χ3n) is 7.37. The van der Waals surface area contributed by atoms with Crippen molar-refractivity contribution in [2.75, 3.05) is 49.6 Å². The fraction of sp³-hybridized carbons (Fsp3) is 0.345. The van der Waals surface area contributed by atoms with Gasteiger partial charge in [-0.15, -0.1) is 0 Å². The Labute approximate surface area is 225 Å². The van der Waals surface area contributed by atoms with Crippen LogP contribution < -0.4 is 10.2 Å². The van der Waals surface area contributed by atoms with Crippen molar-refractivity contribution in [3.63, 3.8) is 0 Å². The number of anilines is 2. The SMILES string of the molecule is O=C(Nc1ccc(N2CCOCC2)nc1)c1n[nH]c2ccc(-c3cc(CN4CCCCC4)cc(F)c3F)cc12. The Morgan fingerprint density at radius 3 is 2.59 bits per heavy atom. The number of benzene rings is 2. The first-order chi connectivity index (χ1) is 19.0. The summed E-state index contributed by atoms with van der Waals surface area (Å²) in [5, 5.41) is 10.4. The largest absolute Gasteiger partial charge is 0.378 e. The van der Waals surface area contributed by atoms with E-state index in [2.05, 4.69) is 30.3 Å². The summed E-state index contributed by atoms with van der Waals surface area (Å²) >= 11 is 0. The van der Waals surface area contributed by atoms with E-state index in [-0.39, 0.29) is 11.3 Å². The van der Waals surface area contributed by atoms with Crippen molar-refractivity contribution in [2.45, 2.75) is 25.8 Å². The van der Waals surface area contributed by atoms with Gasteiger partial charge in [-0.2, -0.15) is 5.10 Å². The molecule has 0 saturated carbocycles. The van der Waals surface area contributed by atoms with Crippen molar-refractivity contribution in [2.24, 2.45) is 0 Å². The van der Waals surface area contributed by atoms with Gasteiger partial charge in [0, 0.05) is 30.6 Å². The van der Waals surface area contributed by atoms with E-state index >= 15 is 0 Å². The zero-order chi connectivity index (χ0) is 26.8. The Kier molecular flexibility index (Phi) is 7.21. The molecule has 8 nitrogen and oxygen atoms in total. The molecular weight excluding hydrogens is 502 g/mol. The summed E-state index contributed by atoms with van der Waals surface area (Å²) in [5.74, 6) is -1.39. The molecule has 0 radical (unpaired) electrons. The number of morpholine rings is 1. The maximum Gasteiger partial charge on any atom is 0.276 e. The van der Waals surface area contributed by atoms with Crippen molar-refractivity contribution in [3.05, 3.63) is 71.6 Å². The standard InChI is InChI=1S/C29H30F2N6O2/c30-24-15-19(18-36-8-2-1-3-9-36)14-22(27(24)31)20-4-6-25-23(16-20)28(35-34-25)29(38)33-21-5-7-26(32-17-21)37-10-12-39-13-11-37/h4-7,14-17H,1-3,8-13,18H2,(H,33,38)(H,34,35). The highest BCUT2D eigenvalue weighted by Gasteiger charge is 2.20. The number of ether oxygens (including phenoxy) is 1. The molecule has 0 aliphatic carbocycles. The predicted octanol–water partition coefficient (Wildman–Crippen LogP) is 4.98. The summed E-state index contributed by atoms with van der Waals surface area (Å²) in [6.45, 7) is 5.35. The van der Waals surface area contributed by atoms with E-state index < -0.39 is 17.5 Å². The van der Waals surface area contributed by atoms with Gasteiger partial charge in [-0.05, 0) is 73.5 Å². The van der Waals surface area contributed by atoms with Crippen LogP contribution in [-0.2, 0) is 11.3 Å². The Bertz CT molecular complexity index is 1480. The number of carbonyl (C=O) groups excluding carboxylic acids is 1. The first-order valence-corrected chi connectivity index (χ1v) is 13.3. The number of nitrogens with zero attached hydrogens (tertiary/aromatic N) is 4. The molecule has 2 fully saturated rings. The molecule has 2 aromatic heterocycles. The second kappa shape index (κ2) is 11.1. The van der Waals surface area contributed by atoms with Gasteiger partial charge in [0.2, 0.25) is 0 Å². The molecule has 10 heteroatoms. The van der Waals surface area contributed by atoms with Gasteiger partial charge in [-0.3, -0.25) is 14.8 Å². The van der Waals surface area contributed by atoms with Gasteiger partial charge in [0.15, 0.2) is 17.3 Å². The highest BCUT2D eigenvalue weighted by molar-refractivity contribution is 6.11.